The Labute approximate surface area is 115 Å². The number of hydrogen-bond donors (Lipinski definition) is 1. The average molecular weight is 264 g/mol. The number of ether oxygens (including phenoxy) is 1. The van der Waals surface area contributed by atoms with Crippen LogP contribution >= 0.6 is 0 Å². The molecule has 5 nitrogen and oxygen atoms in total. The van der Waals surface area contributed by atoms with Crippen LogP contribution in [0.4, 0.5) is 5.95 Å². The van der Waals surface area contributed by atoms with Gasteiger partial charge in [0.05, 0.1) is 6.10 Å². The predicted molar refractivity (Wildman–Crippen MR) is 76.4 cm³/mol. The summed E-state index contributed by atoms with van der Waals surface area (Å²) >= 11 is 0. The summed E-state index contributed by atoms with van der Waals surface area (Å²) in [5, 5.41) is 0. The van der Waals surface area contributed by atoms with Crippen LogP contribution in [0.15, 0.2) is 12.3 Å². The van der Waals surface area contributed by atoms with Crippen molar-refractivity contribution in [2.75, 3.05) is 24.5 Å². The Hall–Kier alpha value is -1.36. The number of anilines is 1. The lowest BCUT2D eigenvalue weighted by molar-refractivity contribution is 0.232. The van der Waals surface area contributed by atoms with Gasteiger partial charge >= 0.3 is 0 Å². The van der Waals surface area contributed by atoms with Crippen LogP contribution in [0.1, 0.15) is 33.1 Å². The first kappa shape index (κ1) is 14.1. The van der Waals surface area contributed by atoms with Crippen molar-refractivity contribution in [1.29, 1.82) is 0 Å². The molecule has 1 atom stereocenters. The van der Waals surface area contributed by atoms with E-state index in [4.69, 9.17) is 10.5 Å². The van der Waals surface area contributed by atoms with E-state index in [0.717, 1.165) is 32.0 Å². The summed E-state index contributed by atoms with van der Waals surface area (Å²) in [6, 6.07) is 1.81. The number of rotatable bonds is 5. The highest BCUT2D eigenvalue weighted by Gasteiger charge is 2.21. The SMILES string of the molecule is CC(C)Oc1ccnc(N2CCCC(CCN)C2)n1. The number of aromatic nitrogens is 2. The Balaban J connectivity index is 2.04. The molecule has 2 N–H and O–H groups in total. The van der Waals surface area contributed by atoms with E-state index in [2.05, 4.69) is 14.9 Å². The largest absolute Gasteiger partial charge is 0.475 e. The molecule has 1 aromatic heterocycles. The van der Waals surface area contributed by atoms with Crippen LogP contribution < -0.4 is 15.4 Å². The van der Waals surface area contributed by atoms with Gasteiger partial charge in [-0.15, -0.1) is 0 Å². The number of nitrogens with two attached hydrogens (primary N) is 1. The Kier molecular flexibility index (Phi) is 4.96. The first-order chi connectivity index (χ1) is 9.19. The second-order valence-corrected chi connectivity index (χ2v) is 5.39. The molecule has 0 aromatic carbocycles. The van der Waals surface area contributed by atoms with Crippen LogP contribution in [0, 0.1) is 5.92 Å². The highest BCUT2D eigenvalue weighted by atomic mass is 16.5. The second-order valence-electron chi connectivity index (χ2n) is 5.39. The highest BCUT2D eigenvalue weighted by Crippen LogP contribution is 2.23. The van der Waals surface area contributed by atoms with E-state index in [9.17, 15) is 0 Å². The third-order valence-electron chi connectivity index (χ3n) is 3.35. The zero-order valence-corrected chi connectivity index (χ0v) is 11.9. The molecule has 1 aliphatic rings. The van der Waals surface area contributed by atoms with Crippen molar-refractivity contribution in [3.05, 3.63) is 12.3 Å². The summed E-state index contributed by atoms with van der Waals surface area (Å²) in [5.41, 5.74) is 5.65. The minimum Gasteiger partial charge on any atom is -0.475 e. The standard InChI is InChI=1S/C14H24N4O/c1-11(2)19-13-6-8-16-14(17-13)18-9-3-4-12(10-18)5-7-15/h6,8,11-12H,3-5,7,9-10,15H2,1-2H3. The molecule has 0 aliphatic carbocycles. The Morgan fingerprint density at radius 1 is 1.53 bits per heavy atom. The fourth-order valence-corrected chi connectivity index (χ4v) is 2.51. The van der Waals surface area contributed by atoms with Gasteiger partial charge in [0.15, 0.2) is 0 Å². The van der Waals surface area contributed by atoms with E-state index < -0.39 is 0 Å². The summed E-state index contributed by atoms with van der Waals surface area (Å²) in [6.45, 7) is 6.78. The molecule has 1 unspecified atom stereocenters. The Morgan fingerprint density at radius 3 is 3.11 bits per heavy atom. The van der Waals surface area contributed by atoms with Crippen molar-refractivity contribution in [2.45, 2.75) is 39.2 Å². The van der Waals surface area contributed by atoms with Crippen molar-refractivity contribution in [1.82, 2.24) is 9.97 Å². The molecule has 5 heteroatoms. The van der Waals surface area contributed by atoms with Crippen molar-refractivity contribution >= 4 is 5.95 Å². The van der Waals surface area contributed by atoms with Crippen LogP contribution in [0.5, 0.6) is 5.88 Å². The third-order valence-corrected chi connectivity index (χ3v) is 3.35. The maximum Gasteiger partial charge on any atom is 0.228 e. The normalized spacial score (nSPS) is 19.8. The quantitative estimate of drug-likeness (QED) is 0.879. The minimum absolute atomic E-state index is 0.133. The topological polar surface area (TPSA) is 64.3 Å². The molecule has 1 aliphatic heterocycles. The van der Waals surface area contributed by atoms with Gasteiger partial charge in [-0.3, -0.25) is 0 Å². The second kappa shape index (κ2) is 6.70. The predicted octanol–water partition coefficient (Wildman–Crippen LogP) is 1.83. The van der Waals surface area contributed by atoms with Gasteiger partial charge in [-0.1, -0.05) is 0 Å². The molecule has 0 saturated carbocycles. The molecule has 0 spiro atoms. The van der Waals surface area contributed by atoms with Crippen LogP contribution in [0.3, 0.4) is 0 Å². The van der Waals surface area contributed by atoms with Gasteiger partial charge in [0.25, 0.3) is 0 Å². The summed E-state index contributed by atoms with van der Waals surface area (Å²) in [4.78, 5) is 11.1. The van der Waals surface area contributed by atoms with Gasteiger partial charge in [0.2, 0.25) is 11.8 Å². The first-order valence-corrected chi connectivity index (χ1v) is 7.13. The van der Waals surface area contributed by atoms with Gasteiger partial charge in [0.1, 0.15) is 0 Å². The molecule has 19 heavy (non-hydrogen) atoms. The van der Waals surface area contributed by atoms with Gasteiger partial charge in [-0.25, -0.2) is 4.98 Å². The Bertz CT molecular complexity index is 395. The number of piperidine rings is 1. The lowest BCUT2D eigenvalue weighted by Gasteiger charge is -2.32. The van der Waals surface area contributed by atoms with Gasteiger partial charge in [-0.05, 0) is 45.6 Å². The number of nitrogens with zero attached hydrogens (tertiary/aromatic N) is 3. The average Bonchev–Trinajstić information content (AvgIpc) is 2.39. The van der Waals surface area contributed by atoms with Crippen LogP contribution in [0.2, 0.25) is 0 Å². The molecule has 2 rings (SSSR count). The zero-order valence-electron chi connectivity index (χ0n) is 11.9. The molecule has 1 saturated heterocycles. The molecular formula is C14H24N4O. The molecule has 1 fully saturated rings. The van der Waals surface area contributed by atoms with E-state index in [0.29, 0.717) is 11.8 Å². The molecule has 0 amide bonds. The maximum atomic E-state index is 5.65. The smallest absolute Gasteiger partial charge is 0.228 e. The van der Waals surface area contributed by atoms with E-state index in [1.807, 2.05) is 19.9 Å². The minimum atomic E-state index is 0.133. The van der Waals surface area contributed by atoms with E-state index in [1.165, 1.54) is 12.8 Å². The number of hydrogen-bond acceptors (Lipinski definition) is 5. The van der Waals surface area contributed by atoms with Crippen molar-refractivity contribution in [3.63, 3.8) is 0 Å². The lowest BCUT2D eigenvalue weighted by Crippen LogP contribution is -2.37. The van der Waals surface area contributed by atoms with Gasteiger partial charge in [0, 0.05) is 25.4 Å². The highest BCUT2D eigenvalue weighted by molar-refractivity contribution is 5.32. The summed E-state index contributed by atoms with van der Waals surface area (Å²) in [7, 11) is 0. The molecule has 2 heterocycles. The fraction of sp³-hybridized carbons (Fsp3) is 0.714. The molecule has 0 radical (unpaired) electrons. The molecular weight excluding hydrogens is 240 g/mol. The lowest BCUT2D eigenvalue weighted by atomic mass is 9.95. The zero-order chi connectivity index (χ0) is 13.7. The van der Waals surface area contributed by atoms with Gasteiger partial charge in [-0.2, -0.15) is 4.98 Å². The third kappa shape index (κ3) is 4.06. The van der Waals surface area contributed by atoms with Crippen molar-refractivity contribution < 1.29 is 4.74 Å². The van der Waals surface area contributed by atoms with E-state index in [1.54, 1.807) is 6.20 Å². The Morgan fingerprint density at radius 2 is 2.37 bits per heavy atom. The van der Waals surface area contributed by atoms with Crippen molar-refractivity contribution in [2.24, 2.45) is 11.7 Å². The van der Waals surface area contributed by atoms with E-state index in [-0.39, 0.29) is 6.10 Å². The van der Waals surface area contributed by atoms with Crippen LogP contribution in [0.25, 0.3) is 0 Å². The fourth-order valence-electron chi connectivity index (χ4n) is 2.51. The molecule has 0 bridgehead atoms. The van der Waals surface area contributed by atoms with Crippen molar-refractivity contribution in [3.8, 4) is 5.88 Å². The van der Waals surface area contributed by atoms with Crippen LogP contribution in [-0.4, -0.2) is 35.7 Å². The first-order valence-electron chi connectivity index (χ1n) is 7.13. The summed E-state index contributed by atoms with van der Waals surface area (Å²) < 4.78 is 5.62. The molecule has 1 aromatic rings. The maximum absolute atomic E-state index is 5.65. The van der Waals surface area contributed by atoms with Crippen LogP contribution in [-0.2, 0) is 0 Å². The van der Waals surface area contributed by atoms with E-state index >= 15 is 0 Å². The molecule has 106 valence electrons. The summed E-state index contributed by atoms with van der Waals surface area (Å²) in [5.74, 6) is 2.10. The summed E-state index contributed by atoms with van der Waals surface area (Å²) in [6.07, 6.45) is 5.43. The monoisotopic (exact) mass is 264 g/mol. The van der Waals surface area contributed by atoms with Gasteiger partial charge < -0.3 is 15.4 Å².